The highest BCUT2D eigenvalue weighted by molar-refractivity contribution is 5.83. The Kier molecular flexibility index (Phi) is 6.60. The van der Waals surface area contributed by atoms with Crippen LogP contribution in [0.15, 0.2) is 54.6 Å². The van der Waals surface area contributed by atoms with Gasteiger partial charge in [-0.05, 0) is 55.0 Å². The van der Waals surface area contributed by atoms with Crippen LogP contribution in [0, 0.1) is 6.92 Å². The van der Waals surface area contributed by atoms with Gasteiger partial charge in [0.2, 0.25) is 5.95 Å². The molecule has 0 saturated carbocycles. The minimum Gasteiger partial charge on any atom is -0.356 e. The van der Waals surface area contributed by atoms with Crippen LogP contribution < -0.4 is 10.2 Å². The fourth-order valence-corrected chi connectivity index (χ4v) is 4.13. The maximum absolute atomic E-state index is 12.6. The van der Waals surface area contributed by atoms with E-state index in [0.717, 1.165) is 47.8 Å². The monoisotopic (exact) mass is 414 g/mol. The lowest BCUT2D eigenvalue weighted by molar-refractivity contribution is -0.117. The molecule has 0 radical (unpaired) electrons. The van der Waals surface area contributed by atoms with Gasteiger partial charge in [-0.1, -0.05) is 43.3 Å². The lowest BCUT2D eigenvalue weighted by Crippen LogP contribution is -2.19. The molecule has 0 bridgehead atoms. The van der Waals surface area contributed by atoms with Crippen LogP contribution in [0.1, 0.15) is 42.1 Å². The number of Topliss-reactive ketones (excluding diaryl/α,β-unsaturated/α-hetero) is 1. The van der Waals surface area contributed by atoms with Crippen molar-refractivity contribution < 1.29 is 4.79 Å². The van der Waals surface area contributed by atoms with Gasteiger partial charge in [-0.15, -0.1) is 0 Å². The van der Waals surface area contributed by atoms with Crippen LogP contribution in [0.4, 0.5) is 17.5 Å². The van der Waals surface area contributed by atoms with Crippen molar-refractivity contribution in [1.82, 2.24) is 9.97 Å². The number of carbonyl (C=O) groups is 1. The first-order valence-electron chi connectivity index (χ1n) is 11.2. The Bertz CT molecular complexity index is 1040. The van der Waals surface area contributed by atoms with E-state index in [2.05, 4.69) is 34.3 Å². The highest BCUT2D eigenvalue weighted by Crippen LogP contribution is 2.22. The molecule has 0 amide bonds. The zero-order chi connectivity index (χ0) is 21.6. The van der Waals surface area contributed by atoms with Crippen LogP contribution in [0.25, 0.3) is 0 Å². The summed E-state index contributed by atoms with van der Waals surface area (Å²) in [5.41, 5.74) is 5.28. The molecule has 31 heavy (non-hydrogen) atoms. The smallest absolute Gasteiger partial charge is 0.229 e. The van der Waals surface area contributed by atoms with Gasteiger partial charge in [0.15, 0.2) is 0 Å². The summed E-state index contributed by atoms with van der Waals surface area (Å²) in [4.78, 5) is 24.1. The molecule has 5 heteroatoms. The average Bonchev–Trinajstić information content (AvgIpc) is 3.30. The molecule has 1 aromatic heterocycles. The lowest BCUT2D eigenvalue weighted by atomic mass is 9.97. The number of ketones is 1. The molecule has 1 fully saturated rings. The van der Waals surface area contributed by atoms with Crippen LogP contribution >= 0.6 is 0 Å². The number of nitrogens with zero attached hydrogens (tertiary/aromatic N) is 3. The molecule has 160 valence electrons. The Labute approximate surface area is 184 Å². The number of aromatic nitrogens is 2. The summed E-state index contributed by atoms with van der Waals surface area (Å²) in [7, 11) is 0. The van der Waals surface area contributed by atoms with Gasteiger partial charge in [0, 0.05) is 43.4 Å². The molecule has 0 atom stereocenters. The van der Waals surface area contributed by atoms with Crippen molar-refractivity contribution in [2.24, 2.45) is 0 Å². The third-order valence-electron chi connectivity index (χ3n) is 5.77. The second-order valence-electron chi connectivity index (χ2n) is 8.22. The van der Waals surface area contributed by atoms with Gasteiger partial charge in [0.25, 0.3) is 0 Å². The standard InChI is InChI=1S/C26H30N4O/c1-3-21-8-4-5-9-22(21)18-24(31)17-20-10-12-23(13-11-20)28-26-27-19(2)16-25(29-26)30-14-6-7-15-30/h4-5,8-13,16H,3,6-7,14-15,17-18H2,1-2H3,(H,27,28,29). The molecule has 1 aliphatic rings. The van der Waals surface area contributed by atoms with Crippen molar-refractivity contribution >= 4 is 23.2 Å². The summed E-state index contributed by atoms with van der Waals surface area (Å²) in [6, 6.07) is 18.2. The topological polar surface area (TPSA) is 58.1 Å². The Hall–Kier alpha value is -3.21. The number of benzene rings is 2. The van der Waals surface area contributed by atoms with Gasteiger partial charge >= 0.3 is 0 Å². The van der Waals surface area contributed by atoms with Gasteiger partial charge in [-0.2, -0.15) is 4.98 Å². The van der Waals surface area contributed by atoms with Gasteiger partial charge in [0.05, 0.1) is 0 Å². The summed E-state index contributed by atoms with van der Waals surface area (Å²) >= 11 is 0. The third-order valence-corrected chi connectivity index (χ3v) is 5.77. The SMILES string of the molecule is CCc1ccccc1CC(=O)Cc1ccc(Nc2nc(C)cc(N3CCCC3)n2)cc1. The number of aryl methyl sites for hydroxylation is 2. The van der Waals surface area contributed by atoms with Crippen LogP contribution in [0.5, 0.6) is 0 Å². The van der Waals surface area contributed by atoms with Crippen molar-refractivity contribution in [2.45, 2.75) is 46.0 Å². The predicted molar refractivity (Wildman–Crippen MR) is 126 cm³/mol. The zero-order valence-corrected chi connectivity index (χ0v) is 18.4. The Balaban J connectivity index is 1.39. The third kappa shape index (κ3) is 5.48. The fraction of sp³-hybridized carbons (Fsp3) is 0.346. The van der Waals surface area contributed by atoms with Crippen molar-refractivity contribution in [3.05, 3.63) is 77.0 Å². The van der Waals surface area contributed by atoms with E-state index in [9.17, 15) is 4.79 Å². The number of nitrogens with one attached hydrogen (secondary N) is 1. The second-order valence-corrected chi connectivity index (χ2v) is 8.22. The normalized spacial score (nSPS) is 13.4. The minimum atomic E-state index is 0.235. The van der Waals surface area contributed by atoms with E-state index < -0.39 is 0 Å². The molecule has 5 nitrogen and oxygen atoms in total. The molecule has 2 heterocycles. The summed E-state index contributed by atoms with van der Waals surface area (Å²) in [5, 5.41) is 3.31. The number of anilines is 3. The number of hydrogen-bond acceptors (Lipinski definition) is 5. The van der Waals surface area contributed by atoms with Crippen LogP contribution in [-0.2, 0) is 24.1 Å². The molecular formula is C26H30N4O. The number of rotatable bonds is 8. The van der Waals surface area contributed by atoms with Gasteiger partial charge < -0.3 is 10.2 Å². The first-order chi connectivity index (χ1) is 15.1. The summed E-state index contributed by atoms with van der Waals surface area (Å²) in [5.74, 6) is 1.84. The molecule has 1 saturated heterocycles. The van der Waals surface area contributed by atoms with Gasteiger partial charge in [0.1, 0.15) is 11.6 Å². The van der Waals surface area contributed by atoms with E-state index in [1.807, 2.05) is 49.4 Å². The van der Waals surface area contributed by atoms with E-state index in [-0.39, 0.29) is 5.78 Å². The van der Waals surface area contributed by atoms with Crippen molar-refractivity contribution in [3.63, 3.8) is 0 Å². The van der Waals surface area contributed by atoms with Crippen molar-refractivity contribution in [1.29, 1.82) is 0 Å². The number of hydrogen-bond donors (Lipinski definition) is 1. The van der Waals surface area contributed by atoms with Crippen molar-refractivity contribution in [2.75, 3.05) is 23.3 Å². The molecule has 2 aromatic carbocycles. The maximum Gasteiger partial charge on any atom is 0.229 e. The Morgan fingerprint density at radius 3 is 2.39 bits per heavy atom. The largest absolute Gasteiger partial charge is 0.356 e. The Morgan fingerprint density at radius 1 is 0.968 bits per heavy atom. The van der Waals surface area contributed by atoms with E-state index >= 15 is 0 Å². The van der Waals surface area contributed by atoms with Crippen LogP contribution in [-0.4, -0.2) is 28.8 Å². The lowest BCUT2D eigenvalue weighted by Gasteiger charge is -2.17. The highest BCUT2D eigenvalue weighted by atomic mass is 16.1. The van der Waals surface area contributed by atoms with E-state index in [1.165, 1.54) is 18.4 Å². The summed E-state index contributed by atoms with van der Waals surface area (Å²) in [6.45, 7) is 6.24. The number of carbonyl (C=O) groups excluding carboxylic acids is 1. The van der Waals surface area contributed by atoms with Crippen LogP contribution in [0.3, 0.4) is 0 Å². The Morgan fingerprint density at radius 2 is 1.68 bits per heavy atom. The molecule has 0 spiro atoms. The predicted octanol–water partition coefficient (Wildman–Crippen LogP) is 5.05. The second kappa shape index (κ2) is 9.73. The van der Waals surface area contributed by atoms with E-state index in [0.29, 0.717) is 18.8 Å². The minimum absolute atomic E-state index is 0.235. The molecule has 1 N–H and O–H groups in total. The molecule has 1 aliphatic heterocycles. The van der Waals surface area contributed by atoms with Gasteiger partial charge in [-0.25, -0.2) is 4.98 Å². The first-order valence-corrected chi connectivity index (χ1v) is 11.2. The molecule has 4 rings (SSSR count). The summed E-state index contributed by atoms with van der Waals surface area (Å²) in [6.07, 6.45) is 4.31. The van der Waals surface area contributed by atoms with Crippen LogP contribution in [0.2, 0.25) is 0 Å². The summed E-state index contributed by atoms with van der Waals surface area (Å²) < 4.78 is 0. The van der Waals surface area contributed by atoms with Gasteiger partial charge in [-0.3, -0.25) is 4.79 Å². The molecule has 0 unspecified atom stereocenters. The van der Waals surface area contributed by atoms with E-state index in [4.69, 9.17) is 4.98 Å². The molecule has 0 aliphatic carbocycles. The van der Waals surface area contributed by atoms with Crippen molar-refractivity contribution in [3.8, 4) is 0 Å². The molecule has 3 aromatic rings. The average molecular weight is 415 g/mol. The maximum atomic E-state index is 12.6. The highest BCUT2D eigenvalue weighted by Gasteiger charge is 2.15. The fourth-order valence-electron chi connectivity index (χ4n) is 4.13. The quantitative estimate of drug-likeness (QED) is 0.559. The zero-order valence-electron chi connectivity index (χ0n) is 18.4. The molecular weight excluding hydrogens is 384 g/mol. The first kappa shape index (κ1) is 21.0. The van der Waals surface area contributed by atoms with E-state index in [1.54, 1.807) is 0 Å².